The van der Waals surface area contributed by atoms with E-state index in [4.69, 9.17) is 4.74 Å². The average Bonchev–Trinajstić information content (AvgIpc) is 3.09. The predicted molar refractivity (Wildman–Crippen MR) is 83.4 cm³/mol. The van der Waals surface area contributed by atoms with Crippen molar-refractivity contribution in [2.24, 2.45) is 7.05 Å². The van der Waals surface area contributed by atoms with Gasteiger partial charge in [-0.3, -0.25) is 0 Å². The molecule has 4 rings (SSSR count). The maximum atomic E-state index is 6.24. The van der Waals surface area contributed by atoms with Crippen molar-refractivity contribution in [1.29, 1.82) is 0 Å². The quantitative estimate of drug-likeness (QED) is 0.726. The molecule has 2 nitrogen and oxygen atoms in total. The molecular formula is C19H22NO+. The van der Waals surface area contributed by atoms with Crippen LogP contribution in [0, 0.1) is 6.92 Å². The molecular weight excluding hydrogens is 258 g/mol. The second-order valence-electron chi connectivity index (χ2n) is 6.61. The standard InChI is InChI=1S/C19H22NO/c1-14-8-9-15-18(21-13-19(15)10-4-5-11-19)17(14)16-7-3-6-12-20(16)2/h3,6-9,12H,4-5,10-11,13H2,1-2H3/q+1. The van der Waals surface area contributed by atoms with Crippen LogP contribution in [0.3, 0.4) is 0 Å². The number of hydrogen-bond acceptors (Lipinski definition) is 1. The van der Waals surface area contributed by atoms with E-state index in [-0.39, 0.29) is 0 Å². The molecule has 0 atom stereocenters. The van der Waals surface area contributed by atoms with Crippen LogP contribution in [-0.4, -0.2) is 6.61 Å². The first kappa shape index (κ1) is 12.9. The number of aromatic nitrogens is 1. The number of benzene rings is 1. The summed E-state index contributed by atoms with van der Waals surface area (Å²) in [6.45, 7) is 3.06. The first-order chi connectivity index (χ1) is 10.2. The Bertz CT molecular complexity index is 699. The fourth-order valence-electron chi connectivity index (χ4n) is 4.10. The van der Waals surface area contributed by atoms with Gasteiger partial charge in [0.2, 0.25) is 5.69 Å². The topological polar surface area (TPSA) is 13.1 Å². The second-order valence-corrected chi connectivity index (χ2v) is 6.61. The Balaban J connectivity index is 1.94. The van der Waals surface area contributed by atoms with E-state index in [0.717, 1.165) is 12.4 Å². The SMILES string of the molecule is Cc1ccc2c(c1-c1cccc[n+]1C)OCC21CCCC1. The lowest BCUT2D eigenvalue weighted by molar-refractivity contribution is -0.660. The first-order valence-electron chi connectivity index (χ1n) is 7.93. The lowest BCUT2D eigenvalue weighted by Gasteiger charge is -2.21. The molecule has 1 spiro atoms. The van der Waals surface area contributed by atoms with Gasteiger partial charge in [0.05, 0.1) is 12.2 Å². The Labute approximate surface area is 126 Å². The Morgan fingerprint density at radius 3 is 2.67 bits per heavy atom. The Morgan fingerprint density at radius 1 is 1.10 bits per heavy atom. The zero-order valence-electron chi connectivity index (χ0n) is 12.9. The van der Waals surface area contributed by atoms with Crippen LogP contribution in [0.5, 0.6) is 5.75 Å². The molecule has 0 unspecified atom stereocenters. The number of aryl methyl sites for hydroxylation is 2. The van der Waals surface area contributed by atoms with Gasteiger partial charge in [0.1, 0.15) is 12.8 Å². The molecule has 0 N–H and O–H groups in total. The van der Waals surface area contributed by atoms with E-state index in [1.807, 2.05) is 0 Å². The van der Waals surface area contributed by atoms with E-state index in [1.54, 1.807) is 0 Å². The van der Waals surface area contributed by atoms with E-state index in [9.17, 15) is 0 Å². The lowest BCUT2D eigenvalue weighted by atomic mass is 9.79. The average molecular weight is 280 g/mol. The van der Waals surface area contributed by atoms with E-state index < -0.39 is 0 Å². The summed E-state index contributed by atoms with van der Waals surface area (Å²) in [6.07, 6.45) is 7.34. The molecule has 0 amide bonds. The Kier molecular flexibility index (Phi) is 2.81. The Morgan fingerprint density at radius 2 is 1.90 bits per heavy atom. The number of rotatable bonds is 1. The van der Waals surface area contributed by atoms with Crippen molar-refractivity contribution in [3.63, 3.8) is 0 Å². The molecule has 2 heterocycles. The molecule has 2 aromatic rings. The number of nitrogens with zero attached hydrogens (tertiary/aromatic N) is 1. The largest absolute Gasteiger partial charge is 0.491 e. The summed E-state index contributed by atoms with van der Waals surface area (Å²) in [5.41, 5.74) is 5.56. The van der Waals surface area contributed by atoms with Gasteiger partial charge < -0.3 is 4.74 Å². The first-order valence-corrected chi connectivity index (χ1v) is 7.93. The molecule has 1 aromatic carbocycles. The normalized spacial score (nSPS) is 18.8. The maximum absolute atomic E-state index is 6.24. The van der Waals surface area contributed by atoms with Crippen LogP contribution < -0.4 is 9.30 Å². The lowest BCUT2D eigenvalue weighted by Crippen LogP contribution is -2.30. The van der Waals surface area contributed by atoms with Gasteiger partial charge in [0.15, 0.2) is 6.20 Å². The Hall–Kier alpha value is -1.83. The minimum absolute atomic E-state index is 0.297. The van der Waals surface area contributed by atoms with Gasteiger partial charge in [0, 0.05) is 23.1 Å². The molecule has 0 radical (unpaired) electrons. The highest BCUT2D eigenvalue weighted by atomic mass is 16.5. The highest BCUT2D eigenvalue weighted by Gasteiger charge is 2.44. The molecule has 1 aliphatic carbocycles. The van der Waals surface area contributed by atoms with Crippen LogP contribution in [0.15, 0.2) is 36.5 Å². The van der Waals surface area contributed by atoms with Crippen LogP contribution in [0.4, 0.5) is 0 Å². The highest BCUT2D eigenvalue weighted by molar-refractivity contribution is 5.73. The van der Waals surface area contributed by atoms with Crippen molar-refractivity contribution < 1.29 is 9.30 Å². The minimum Gasteiger partial charge on any atom is -0.491 e. The van der Waals surface area contributed by atoms with Gasteiger partial charge in [-0.15, -0.1) is 0 Å². The van der Waals surface area contributed by atoms with E-state index in [1.165, 1.54) is 48.1 Å². The second kappa shape index (κ2) is 4.59. The van der Waals surface area contributed by atoms with E-state index >= 15 is 0 Å². The summed E-state index contributed by atoms with van der Waals surface area (Å²) in [4.78, 5) is 0. The summed E-state index contributed by atoms with van der Waals surface area (Å²) in [5, 5.41) is 0. The van der Waals surface area contributed by atoms with Crippen molar-refractivity contribution in [2.45, 2.75) is 38.0 Å². The van der Waals surface area contributed by atoms with Crippen LogP contribution in [0.1, 0.15) is 36.8 Å². The van der Waals surface area contributed by atoms with Gasteiger partial charge in [-0.1, -0.05) is 25.0 Å². The number of hydrogen-bond donors (Lipinski definition) is 0. The zero-order valence-corrected chi connectivity index (χ0v) is 12.9. The molecule has 1 fully saturated rings. The van der Waals surface area contributed by atoms with Gasteiger partial charge in [-0.2, -0.15) is 0 Å². The number of ether oxygens (including phenoxy) is 1. The third-order valence-electron chi connectivity index (χ3n) is 5.30. The molecule has 1 aromatic heterocycles. The molecule has 1 aliphatic heterocycles. The summed E-state index contributed by atoms with van der Waals surface area (Å²) < 4.78 is 8.43. The summed E-state index contributed by atoms with van der Waals surface area (Å²) in [6, 6.07) is 11.0. The van der Waals surface area contributed by atoms with Gasteiger partial charge in [-0.25, -0.2) is 4.57 Å². The maximum Gasteiger partial charge on any atom is 0.216 e. The van der Waals surface area contributed by atoms with Gasteiger partial charge in [0.25, 0.3) is 0 Å². The molecule has 108 valence electrons. The van der Waals surface area contributed by atoms with Crippen molar-refractivity contribution in [1.82, 2.24) is 0 Å². The smallest absolute Gasteiger partial charge is 0.216 e. The van der Waals surface area contributed by atoms with Gasteiger partial charge in [-0.05, 0) is 31.4 Å². The van der Waals surface area contributed by atoms with Gasteiger partial charge >= 0.3 is 0 Å². The van der Waals surface area contributed by atoms with Crippen molar-refractivity contribution in [3.8, 4) is 17.0 Å². The van der Waals surface area contributed by atoms with Crippen LogP contribution in [0.25, 0.3) is 11.3 Å². The van der Waals surface area contributed by atoms with Crippen molar-refractivity contribution >= 4 is 0 Å². The molecule has 1 saturated carbocycles. The number of fused-ring (bicyclic) bond motifs is 2. The third kappa shape index (κ3) is 1.81. The van der Waals surface area contributed by atoms with E-state index in [2.05, 4.69) is 55.1 Å². The summed E-state index contributed by atoms with van der Waals surface area (Å²) in [5.74, 6) is 1.14. The zero-order chi connectivity index (χ0) is 14.4. The molecule has 2 heteroatoms. The molecule has 21 heavy (non-hydrogen) atoms. The fourth-order valence-corrected chi connectivity index (χ4v) is 4.10. The van der Waals surface area contributed by atoms with Crippen LogP contribution in [-0.2, 0) is 12.5 Å². The minimum atomic E-state index is 0.297. The van der Waals surface area contributed by atoms with Crippen molar-refractivity contribution in [3.05, 3.63) is 47.7 Å². The summed E-state index contributed by atoms with van der Waals surface area (Å²) in [7, 11) is 2.11. The van der Waals surface area contributed by atoms with E-state index in [0.29, 0.717) is 5.41 Å². The van der Waals surface area contributed by atoms with Crippen molar-refractivity contribution in [2.75, 3.05) is 6.61 Å². The van der Waals surface area contributed by atoms with Crippen LogP contribution in [0.2, 0.25) is 0 Å². The monoisotopic (exact) mass is 280 g/mol. The summed E-state index contributed by atoms with van der Waals surface area (Å²) >= 11 is 0. The molecule has 0 bridgehead atoms. The molecule has 2 aliphatic rings. The fraction of sp³-hybridized carbons (Fsp3) is 0.421. The third-order valence-corrected chi connectivity index (χ3v) is 5.30. The molecule has 0 saturated heterocycles. The number of pyridine rings is 1. The predicted octanol–water partition coefficient (Wildman–Crippen LogP) is 3.69. The van der Waals surface area contributed by atoms with Crippen LogP contribution >= 0.6 is 0 Å². The highest BCUT2D eigenvalue weighted by Crippen LogP contribution is 2.52.